The molecular formula is C19H23Cl2NO4S. The maximum Gasteiger partial charge on any atom is 0.242 e. The van der Waals surface area contributed by atoms with Gasteiger partial charge < -0.3 is 9.47 Å². The molecule has 0 bridgehead atoms. The Labute approximate surface area is 170 Å². The van der Waals surface area contributed by atoms with Crippen molar-refractivity contribution in [1.82, 2.24) is 4.72 Å². The average Bonchev–Trinajstić information content (AvgIpc) is 2.60. The first-order valence-corrected chi connectivity index (χ1v) is 10.5. The van der Waals surface area contributed by atoms with Gasteiger partial charge in [-0.25, -0.2) is 13.1 Å². The van der Waals surface area contributed by atoms with Gasteiger partial charge in [0.2, 0.25) is 10.0 Å². The molecule has 2 rings (SSSR count). The molecule has 0 radical (unpaired) electrons. The molecule has 5 nitrogen and oxygen atoms in total. The van der Waals surface area contributed by atoms with Crippen LogP contribution < -0.4 is 14.2 Å². The van der Waals surface area contributed by atoms with Crippen LogP contribution in [-0.2, 0) is 15.4 Å². The lowest BCUT2D eigenvalue weighted by molar-refractivity contribution is 0.322. The lowest BCUT2D eigenvalue weighted by Gasteiger charge is -2.19. The standard InChI is InChI=1S/C19H23Cl2NO4S/c1-19(2,3)13-5-7-14(8-6-13)26-12-11-22-27(23,24)16-10-9-15(25-4)17(20)18(16)21/h5-10,22H,11-12H2,1-4H3. The third-order valence-electron chi connectivity index (χ3n) is 3.90. The molecule has 8 heteroatoms. The summed E-state index contributed by atoms with van der Waals surface area (Å²) in [6, 6.07) is 10.5. The van der Waals surface area contributed by atoms with E-state index in [4.69, 9.17) is 32.7 Å². The van der Waals surface area contributed by atoms with Gasteiger partial charge in [-0.3, -0.25) is 0 Å². The molecule has 0 saturated carbocycles. The molecule has 2 aromatic carbocycles. The zero-order valence-corrected chi connectivity index (χ0v) is 18.0. The first-order valence-electron chi connectivity index (χ1n) is 8.31. The normalized spacial score (nSPS) is 12.1. The number of halogens is 2. The summed E-state index contributed by atoms with van der Waals surface area (Å²) in [5.41, 5.74) is 1.26. The molecule has 27 heavy (non-hydrogen) atoms. The van der Waals surface area contributed by atoms with Crippen molar-refractivity contribution < 1.29 is 17.9 Å². The third kappa shape index (κ3) is 5.51. The zero-order chi connectivity index (χ0) is 20.2. The van der Waals surface area contributed by atoms with Gasteiger partial charge in [-0.2, -0.15) is 0 Å². The monoisotopic (exact) mass is 431 g/mol. The van der Waals surface area contributed by atoms with Crippen molar-refractivity contribution >= 4 is 33.2 Å². The summed E-state index contributed by atoms with van der Waals surface area (Å²) in [7, 11) is -2.39. The molecule has 1 N–H and O–H groups in total. The predicted molar refractivity (Wildman–Crippen MR) is 109 cm³/mol. The van der Waals surface area contributed by atoms with Gasteiger partial charge in [0.15, 0.2) is 0 Å². The molecule has 2 aromatic rings. The average molecular weight is 432 g/mol. The quantitative estimate of drug-likeness (QED) is 0.647. The van der Waals surface area contributed by atoms with E-state index in [0.29, 0.717) is 11.5 Å². The minimum absolute atomic E-state index is 0.0530. The van der Waals surface area contributed by atoms with Crippen LogP contribution in [0.4, 0.5) is 0 Å². The number of hydrogen-bond donors (Lipinski definition) is 1. The van der Waals surface area contributed by atoms with E-state index in [1.807, 2.05) is 24.3 Å². The van der Waals surface area contributed by atoms with Crippen LogP contribution in [-0.4, -0.2) is 28.7 Å². The van der Waals surface area contributed by atoms with Gasteiger partial charge in [0.25, 0.3) is 0 Å². The fourth-order valence-corrected chi connectivity index (χ4v) is 4.20. The summed E-state index contributed by atoms with van der Waals surface area (Å²) in [4.78, 5) is -0.107. The fraction of sp³-hybridized carbons (Fsp3) is 0.368. The topological polar surface area (TPSA) is 64.6 Å². The van der Waals surface area contributed by atoms with E-state index in [2.05, 4.69) is 25.5 Å². The second kappa shape index (κ2) is 8.69. The molecule has 0 amide bonds. The lowest BCUT2D eigenvalue weighted by Crippen LogP contribution is -2.28. The molecule has 0 saturated heterocycles. The van der Waals surface area contributed by atoms with Crippen molar-refractivity contribution in [3.05, 3.63) is 52.0 Å². The Morgan fingerprint density at radius 2 is 1.63 bits per heavy atom. The third-order valence-corrected chi connectivity index (χ3v) is 6.38. The number of hydrogen-bond acceptors (Lipinski definition) is 4. The number of benzene rings is 2. The molecule has 148 valence electrons. The van der Waals surface area contributed by atoms with Crippen LogP contribution in [0.2, 0.25) is 10.0 Å². The minimum Gasteiger partial charge on any atom is -0.495 e. The Kier molecular flexibility index (Phi) is 7.03. The van der Waals surface area contributed by atoms with Crippen LogP contribution in [0.1, 0.15) is 26.3 Å². The summed E-state index contributed by atoms with van der Waals surface area (Å²) in [5, 5.41) is -0.0283. The minimum atomic E-state index is -3.82. The van der Waals surface area contributed by atoms with E-state index in [1.54, 1.807) is 0 Å². The highest BCUT2D eigenvalue weighted by molar-refractivity contribution is 7.89. The molecule has 0 atom stereocenters. The van der Waals surface area contributed by atoms with Gasteiger partial charge in [-0.1, -0.05) is 56.1 Å². The van der Waals surface area contributed by atoms with E-state index in [1.165, 1.54) is 24.8 Å². The largest absolute Gasteiger partial charge is 0.495 e. The molecule has 0 aliphatic heterocycles. The van der Waals surface area contributed by atoms with Crippen molar-refractivity contribution in [2.24, 2.45) is 0 Å². The van der Waals surface area contributed by atoms with Crippen LogP contribution in [0.3, 0.4) is 0 Å². The zero-order valence-electron chi connectivity index (χ0n) is 15.7. The summed E-state index contributed by atoms with van der Waals surface area (Å²) >= 11 is 12.1. The Balaban J connectivity index is 1.96. The van der Waals surface area contributed by atoms with E-state index >= 15 is 0 Å². The van der Waals surface area contributed by atoms with Gasteiger partial charge in [0, 0.05) is 6.54 Å². The Bertz CT molecular complexity index is 891. The SMILES string of the molecule is COc1ccc(S(=O)(=O)NCCOc2ccc(C(C)(C)C)cc2)c(Cl)c1Cl. The maximum absolute atomic E-state index is 12.4. The fourth-order valence-electron chi connectivity index (χ4n) is 2.35. The summed E-state index contributed by atoms with van der Waals surface area (Å²) < 4.78 is 37.9. The molecule has 0 spiro atoms. The first-order chi connectivity index (χ1) is 12.6. The van der Waals surface area contributed by atoms with E-state index < -0.39 is 10.0 Å². The highest BCUT2D eigenvalue weighted by Gasteiger charge is 2.21. The van der Waals surface area contributed by atoms with E-state index in [0.717, 1.165) is 0 Å². The van der Waals surface area contributed by atoms with Crippen molar-refractivity contribution in [2.75, 3.05) is 20.3 Å². The van der Waals surface area contributed by atoms with E-state index in [-0.39, 0.29) is 33.5 Å². The van der Waals surface area contributed by atoms with Crippen LogP contribution >= 0.6 is 23.2 Å². The number of sulfonamides is 1. The van der Waals surface area contributed by atoms with Gasteiger partial charge >= 0.3 is 0 Å². The molecule has 0 aromatic heterocycles. The smallest absolute Gasteiger partial charge is 0.242 e. The molecular weight excluding hydrogens is 409 g/mol. The van der Waals surface area contributed by atoms with Gasteiger partial charge in [0.1, 0.15) is 28.0 Å². The summed E-state index contributed by atoms with van der Waals surface area (Å²) in [6.07, 6.45) is 0. The van der Waals surface area contributed by atoms with Gasteiger partial charge in [-0.15, -0.1) is 0 Å². The second-order valence-corrected chi connectivity index (χ2v) is 9.41. The number of methoxy groups -OCH3 is 1. The molecule has 0 aliphatic carbocycles. The van der Waals surface area contributed by atoms with Crippen molar-refractivity contribution in [3.63, 3.8) is 0 Å². The Morgan fingerprint density at radius 3 is 2.19 bits per heavy atom. The van der Waals surface area contributed by atoms with Crippen molar-refractivity contribution in [2.45, 2.75) is 31.1 Å². The van der Waals surface area contributed by atoms with Gasteiger partial charge in [-0.05, 0) is 35.2 Å². The number of ether oxygens (including phenoxy) is 2. The molecule has 0 unspecified atom stereocenters. The van der Waals surface area contributed by atoms with Crippen molar-refractivity contribution in [1.29, 1.82) is 0 Å². The van der Waals surface area contributed by atoms with E-state index in [9.17, 15) is 8.42 Å². The van der Waals surface area contributed by atoms with Crippen LogP contribution in [0.15, 0.2) is 41.3 Å². The van der Waals surface area contributed by atoms with Crippen LogP contribution in [0.25, 0.3) is 0 Å². The lowest BCUT2D eigenvalue weighted by atomic mass is 9.87. The van der Waals surface area contributed by atoms with Gasteiger partial charge in [0.05, 0.1) is 12.1 Å². The second-order valence-electron chi connectivity index (χ2n) is 6.91. The first kappa shape index (κ1) is 21.8. The number of rotatable bonds is 7. The van der Waals surface area contributed by atoms with Crippen molar-refractivity contribution in [3.8, 4) is 11.5 Å². The summed E-state index contributed by atoms with van der Waals surface area (Å²) in [6.45, 7) is 6.66. The highest BCUT2D eigenvalue weighted by atomic mass is 35.5. The van der Waals surface area contributed by atoms with Crippen LogP contribution in [0.5, 0.6) is 11.5 Å². The predicted octanol–water partition coefficient (Wildman–Crippen LogP) is 4.66. The maximum atomic E-state index is 12.4. The molecule has 0 aliphatic rings. The highest BCUT2D eigenvalue weighted by Crippen LogP contribution is 2.36. The van der Waals surface area contributed by atoms with Crippen LogP contribution in [0, 0.1) is 0 Å². The Morgan fingerprint density at radius 1 is 1.00 bits per heavy atom. The molecule has 0 fully saturated rings. The Hall–Kier alpha value is -1.47. The number of nitrogens with one attached hydrogen (secondary N) is 1. The summed E-state index contributed by atoms with van der Waals surface area (Å²) in [5.74, 6) is 0.982. The molecule has 0 heterocycles.